The minimum Gasteiger partial charge on any atom is -0.376 e. The van der Waals surface area contributed by atoms with Gasteiger partial charge in [0.2, 0.25) is 5.60 Å². The SMILES string of the molecule is CN1CC[C@@](O)(C#Cc2cccc(-c3nc(C(N)=O)cc(N4CCCC45COC5)n3)c2)C1=O. The number of aliphatic hydroxyl groups is 1. The van der Waals surface area contributed by atoms with Crippen LogP contribution in [-0.4, -0.2) is 76.3 Å². The third-order valence-corrected chi connectivity index (χ3v) is 6.62. The Balaban J connectivity index is 1.50. The first kappa shape index (κ1) is 21.4. The van der Waals surface area contributed by atoms with Crippen LogP contribution in [0.1, 0.15) is 35.3 Å². The number of nitrogens with two attached hydrogens (primary N) is 1. The molecule has 4 heterocycles. The molecule has 3 N–H and O–H groups in total. The van der Waals surface area contributed by atoms with Gasteiger partial charge in [0.05, 0.1) is 18.8 Å². The Kier molecular flexibility index (Phi) is 5.07. The van der Waals surface area contributed by atoms with Gasteiger partial charge >= 0.3 is 0 Å². The Hall–Kier alpha value is -3.48. The molecule has 9 heteroatoms. The van der Waals surface area contributed by atoms with E-state index in [-0.39, 0.29) is 17.7 Å². The molecular formula is C24H25N5O4. The molecule has 1 aromatic heterocycles. The average Bonchev–Trinajstić information content (AvgIpc) is 3.36. The predicted octanol–water partition coefficient (Wildman–Crippen LogP) is 0.556. The molecule has 33 heavy (non-hydrogen) atoms. The first-order valence-electron chi connectivity index (χ1n) is 11.0. The molecule has 1 aromatic carbocycles. The van der Waals surface area contributed by atoms with Crippen LogP contribution >= 0.6 is 0 Å². The minimum atomic E-state index is -1.67. The number of rotatable bonds is 3. The number of hydrogen-bond donors (Lipinski definition) is 2. The number of ether oxygens (including phenoxy) is 1. The largest absolute Gasteiger partial charge is 0.376 e. The number of aromatic nitrogens is 2. The van der Waals surface area contributed by atoms with Crippen LogP contribution in [0, 0.1) is 11.8 Å². The van der Waals surface area contributed by atoms with Crippen molar-refractivity contribution in [3.63, 3.8) is 0 Å². The average molecular weight is 447 g/mol. The number of benzene rings is 1. The number of likely N-dealkylation sites (N-methyl/N-ethyl adjacent to an activating group) is 1. The Morgan fingerprint density at radius 1 is 1.21 bits per heavy atom. The maximum atomic E-state index is 12.2. The number of nitrogens with zero attached hydrogens (tertiary/aromatic N) is 4. The maximum absolute atomic E-state index is 12.2. The lowest BCUT2D eigenvalue weighted by Crippen LogP contribution is -2.59. The zero-order valence-electron chi connectivity index (χ0n) is 18.4. The second-order valence-corrected chi connectivity index (χ2v) is 8.94. The molecule has 2 amide bonds. The number of primary amides is 1. The quantitative estimate of drug-likeness (QED) is 0.659. The van der Waals surface area contributed by atoms with Crippen molar-refractivity contribution in [1.29, 1.82) is 0 Å². The fraction of sp³-hybridized carbons (Fsp3) is 0.417. The van der Waals surface area contributed by atoms with Crippen LogP contribution in [0.2, 0.25) is 0 Å². The zero-order chi connectivity index (χ0) is 23.2. The number of anilines is 1. The molecule has 170 valence electrons. The lowest BCUT2D eigenvalue weighted by molar-refractivity contribution is -0.137. The van der Waals surface area contributed by atoms with E-state index in [1.165, 1.54) is 4.90 Å². The topological polar surface area (TPSA) is 122 Å². The van der Waals surface area contributed by atoms with Gasteiger partial charge in [-0.25, -0.2) is 9.97 Å². The van der Waals surface area contributed by atoms with Crippen LogP contribution in [-0.2, 0) is 9.53 Å². The van der Waals surface area contributed by atoms with E-state index in [1.54, 1.807) is 31.3 Å². The summed E-state index contributed by atoms with van der Waals surface area (Å²) in [4.78, 5) is 37.0. The first-order valence-corrected chi connectivity index (χ1v) is 11.0. The fourth-order valence-electron chi connectivity index (χ4n) is 4.64. The molecule has 0 radical (unpaired) electrons. The number of amides is 2. The van der Waals surface area contributed by atoms with Gasteiger partial charge in [-0.05, 0) is 25.0 Å². The summed E-state index contributed by atoms with van der Waals surface area (Å²) in [5, 5.41) is 10.6. The van der Waals surface area contributed by atoms with E-state index < -0.39 is 17.4 Å². The second kappa shape index (κ2) is 7.83. The molecule has 5 rings (SSSR count). The highest BCUT2D eigenvalue weighted by atomic mass is 16.5. The molecule has 0 saturated carbocycles. The van der Waals surface area contributed by atoms with Crippen molar-refractivity contribution >= 4 is 17.6 Å². The Labute approximate surface area is 191 Å². The molecule has 0 bridgehead atoms. The van der Waals surface area contributed by atoms with Crippen LogP contribution < -0.4 is 10.6 Å². The third kappa shape index (κ3) is 3.71. The van der Waals surface area contributed by atoms with Crippen LogP contribution in [0.5, 0.6) is 0 Å². The van der Waals surface area contributed by atoms with E-state index in [2.05, 4.69) is 21.7 Å². The summed E-state index contributed by atoms with van der Waals surface area (Å²) in [6.45, 7) is 2.56. The summed E-state index contributed by atoms with van der Waals surface area (Å²) < 4.78 is 5.47. The number of carbonyl (C=O) groups is 2. The van der Waals surface area contributed by atoms with Gasteiger partial charge in [0, 0.05) is 43.8 Å². The fourth-order valence-corrected chi connectivity index (χ4v) is 4.64. The van der Waals surface area contributed by atoms with Gasteiger partial charge in [0.1, 0.15) is 11.5 Å². The molecule has 2 aromatic rings. The van der Waals surface area contributed by atoms with Gasteiger partial charge in [0.25, 0.3) is 11.8 Å². The summed E-state index contributed by atoms with van der Waals surface area (Å²) in [7, 11) is 1.64. The first-order chi connectivity index (χ1) is 15.8. The van der Waals surface area contributed by atoms with E-state index in [0.29, 0.717) is 42.5 Å². The van der Waals surface area contributed by atoms with Crippen molar-refractivity contribution in [2.45, 2.75) is 30.4 Å². The van der Waals surface area contributed by atoms with Gasteiger partial charge < -0.3 is 25.4 Å². The van der Waals surface area contributed by atoms with Crippen molar-refractivity contribution < 1.29 is 19.4 Å². The van der Waals surface area contributed by atoms with Gasteiger partial charge in [-0.3, -0.25) is 9.59 Å². The molecular weight excluding hydrogens is 422 g/mol. The summed E-state index contributed by atoms with van der Waals surface area (Å²) in [5.74, 6) is 5.62. The van der Waals surface area contributed by atoms with Crippen molar-refractivity contribution in [3.8, 4) is 23.2 Å². The molecule has 9 nitrogen and oxygen atoms in total. The van der Waals surface area contributed by atoms with Gasteiger partial charge in [0.15, 0.2) is 5.82 Å². The number of likely N-dealkylation sites (tertiary alicyclic amines) is 1. The van der Waals surface area contributed by atoms with E-state index in [9.17, 15) is 14.7 Å². The number of hydrogen-bond acceptors (Lipinski definition) is 7. The summed E-state index contributed by atoms with van der Waals surface area (Å²) in [6, 6.07) is 8.81. The zero-order valence-corrected chi connectivity index (χ0v) is 18.4. The van der Waals surface area contributed by atoms with Crippen molar-refractivity contribution in [2.24, 2.45) is 5.73 Å². The van der Waals surface area contributed by atoms with E-state index in [4.69, 9.17) is 15.5 Å². The smallest absolute Gasteiger partial charge is 0.267 e. The normalized spacial score (nSPS) is 23.4. The van der Waals surface area contributed by atoms with Crippen LogP contribution in [0.15, 0.2) is 30.3 Å². The van der Waals surface area contributed by atoms with Crippen molar-refractivity contribution in [2.75, 3.05) is 38.3 Å². The van der Waals surface area contributed by atoms with E-state index in [0.717, 1.165) is 19.4 Å². The third-order valence-electron chi connectivity index (χ3n) is 6.62. The highest BCUT2D eigenvalue weighted by Gasteiger charge is 2.48. The van der Waals surface area contributed by atoms with Gasteiger partial charge in [-0.15, -0.1) is 0 Å². The highest BCUT2D eigenvalue weighted by molar-refractivity contribution is 5.92. The second-order valence-electron chi connectivity index (χ2n) is 8.94. The highest BCUT2D eigenvalue weighted by Crippen LogP contribution is 2.39. The maximum Gasteiger partial charge on any atom is 0.267 e. The van der Waals surface area contributed by atoms with Crippen LogP contribution in [0.25, 0.3) is 11.4 Å². The van der Waals surface area contributed by atoms with Gasteiger partial charge in [-0.1, -0.05) is 24.0 Å². The molecule has 0 aliphatic carbocycles. The predicted molar refractivity (Wildman–Crippen MR) is 120 cm³/mol. The summed E-state index contributed by atoms with van der Waals surface area (Å²) in [5.41, 5.74) is 5.22. The van der Waals surface area contributed by atoms with Crippen molar-refractivity contribution in [3.05, 3.63) is 41.6 Å². The monoisotopic (exact) mass is 447 g/mol. The van der Waals surface area contributed by atoms with Crippen LogP contribution in [0.4, 0.5) is 5.82 Å². The molecule has 0 unspecified atom stereocenters. The molecule has 3 fully saturated rings. The van der Waals surface area contributed by atoms with Crippen LogP contribution in [0.3, 0.4) is 0 Å². The molecule has 3 aliphatic rings. The Morgan fingerprint density at radius 2 is 2.03 bits per heavy atom. The standard InChI is InChI=1S/C24H25N5O4/c1-28-11-9-24(32,22(28)31)8-6-16-4-2-5-17(12-16)21-26-18(20(25)30)13-19(27-21)29-10-3-7-23(29)14-33-15-23/h2,4-5,12-13,32H,3,7,9-11,14-15H2,1H3,(H2,25,30)/t24-/m0/s1. The Morgan fingerprint density at radius 3 is 2.70 bits per heavy atom. The van der Waals surface area contributed by atoms with Gasteiger partial charge in [-0.2, -0.15) is 0 Å². The summed E-state index contributed by atoms with van der Waals surface area (Å²) in [6.07, 6.45) is 2.31. The van der Waals surface area contributed by atoms with Crippen molar-refractivity contribution in [1.82, 2.24) is 14.9 Å². The number of carbonyl (C=O) groups excluding carboxylic acids is 2. The molecule has 1 atom stereocenters. The summed E-state index contributed by atoms with van der Waals surface area (Å²) >= 11 is 0. The van der Waals surface area contributed by atoms with E-state index >= 15 is 0 Å². The lowest BCUT2D eigenvalue weighted by Gasteiger charge is -2.45. The minimum absolute atomic E-state index is 0.0791. The lowest BCUT2D eigenvalue weighted by atomic mass is 9.94. The molecule has 3 saturated heterocycles. The molecule has 3 aliphatic heterocycles. The van der Waals surface area contributed by atoms with E-state index in [1.807, 2.05) is 6.07 Å². The molecule has 1 spiro atoms. The Bertz CT molecular complexity index is 1200.